The molecule has 2 N–H and O–H groups in total. The summed E-state index contributed by atoms with van der Waals surface area (Å²) in [6.45, 7) is 5.96. The average molecular weight is 328 g/mol. The molecule has 0 saturated carbocycles. The van der Waals surface area contributed by atoms with Crippen molar-refractivity contribution in [2.24, 2.45) is 0 Å². The maximum Gasteiger partial charge on any atom is 0.408 e. The van der Waals surface area contributed by atoms with Gasteiger partial charge in [-0.3, -0.25) is 4.79 Å². The van der Waals surface area contributed by atoms with Gasteiger partial charge in [0.05, 0.1) is 5.25 Å². The summed E-state index contributed by atoms with van der Waals surface area (Å²) in [5.74, 6) is 0.376. The molecule has 1 aromatic heterocycles. The molecule has 1 aliphatic heterocycles. The van der Waals surface area contributed by atoms with E-state index >= 15 is 0 Å². The third-order valence-corrected chi connectivity index (χ3v) is 5.28. The molecule has 0 bridgehead atoms. The van der Waals surface area contributed by atoms with E-state index in [0.29, 0.717) is 12.3 Å². The number of carbonyl (C=O) groups is 2. The Morgan fingerprint density at radius 2 is 2.24 bits per heavy atom. The Labute approximate surface area is 132 Å². The second-order valence-electron chi connectivity index (χ2n) is 5.78. The number of thiophene rings is 1. The smallest absolute Gasteiger partial charge is 0.408 e. The molecule has 2 unspecified atom stereocenters. The lowest BCUT2D eigenvalue weighted by Gasteiger charge is -2.22. The molecule has 2 amide bonds. The van der Waals surface area contributed by atoms with Crippen molar-refractivity contribution in [1.29, 1.82) is 0 Å². The number of carbonyl (C=O) groups excluding carboxylic acids is 2. The number of hydrogen-bond donors (Lipinski definition) is 2. The third-order valence-electron chi connectivity index (χ3n) is 2.79. The van der Waals surface area contributed by atoms with Gasteiger partial charge in [-0.25, -0.2) is 4.79 Å². The van der Waals surface area contributed by atoms with Crippen molar-refractivity contribution >= 4 is 35.1 Å². The first kappa shape index (κ1) is 16.2. The second kappa shape index (κ2) is 6.70. The van der Waals surface area contributed by atoms with E-state index in [0.717, 1.165) is 0 Å². The summed E-state index contributed by atoms with van der Waals surface area (Å²) in [5, 5.41) is 7.78. The van der Waals surface area contributed by atoms with Gasteiger partial charge in [0.1, 0.15) is 11.6 Å². The SMILES string of the molecule is CC(C)(C)OC(=O)NC1CSC(c2cccs2)CNC1=O. The van der Waals surface area contributed by atoms with E-state index in [-0.39, 0.29) is 11.2 Å². The molecule has 1 fully saturated rings. The van der Waals surface area contributed by atoms with Crippen LogP contribution in [-0.2, 0) is 9.53 Å². The zero-order valence-corrected chi connectivity index (χ0v) is 14.0. The molecule has 5 nitrogen and oxygen atoms in total. The predicted molar refractivity (Wildman–Crippen MR) is 85.7 cm³/mol. The zero-order valence-electron chi connectivity index (χ0n) is 12.3. The number of thioether (sulfide) groups is 1. The van der Waals surface area contributed by atoms with Crippen LogP contribution in [0.4, 0.5) is 4.79 Å². The molecule has 1 saturated heterocycles. The summed E-state index contributed by atoms with van der Waals surface area (Å²) in [4.78, 5) is 25.0. The lowest BCUT2D eigenvalue weighted by atomic mass is 10.2. The molecule has 7 heteroatoms. The Hall–Kier alpha value is -1.21. The minimum absolute atomic E-state index is 0.160. The maximum atomic E-state index is 12.0. The van der Waals surface area contributed by atoms with Gasteiger partial charge in [-0.1, -0.05) is 6.07 Å². The van der Waals surface area contributed by atoms with Crippen LogP contribution in [0.3, 0.4) is 0 Å². The van der Waals surface area contributed by atoms with Crippen molar-refractivity contribution in [1.82, 2.24) is 10.6 Å². The molecule has 1 aliphatic rings. The minimum Gasteiger partial charge on any atom is -0.444 e. The molecular formula is C14H20N2O3S2. The van der Waals surface area contributed by atoms with Crippen LogP contribution in [0.15, 0.2) is 17.5 Å². The van der Waals surface area contributed by atoms with Crippen molar-refractivity contribution in [3.63, 3.8) is 0 Å². The van der Waals surface area contributed by atoms with Gasteiger partial charge in [0.2, 0.25) is 5.91 Å². The average Bonchev–Trinajstić information content (AvgIpc) is 2.82. The van der Waals surface area contributed by atoms with Gasteiger partial charge in [0.25, 0.3) is 0 Å². The monoisotopic (exact) mass is 328 g/mol. The van der Waals surface area contributed by atoms with Crippen LogP contribution < -0.4 is 10.6 Å². The lowest BCUT2D eigenvalue weighted by Crippen LogP contribution is -2.48. The molecule has 0 spiro atoms. The highest BCUT2D eigenvalue weighted by molar-refractivity contribution is 7.99. The number of nitrogens with one attached hydrogen (secondary N) is 2. The quantitative estimate of drug-likeness (QED) is 0.875. The third kappa shape index (κ3) is 4.93. The molecule has 0 radical (unpaired) electrons. The fourth-order valence-electron chi connectivity index (χ4n) is 1.88. The Balaban J connectivity index is 1.93. The van der Waals surface area contributed by atoms with Crippen molar-refractivity contribution in [2.75, 3.05) is 12.3 Å². The van der Waals surface area contributed by atoms with Gasteiger partial charge in [-0.2, -0.15) is 0 Å². The zero-order chi connectivity index (χ0) is 15.5. The minimum atomic E-state index is -0.571. The highest BCUT2D eigenvalue weighted by Crippen LogP contribution is 2.33. The van der Waals surface area contributed by atoms with E-state index in [4.69, 9.17) is 4.74 Å². The molecule has 1 aromatic rings. The predicted octanol–water partition coefficient (Wildman–Crippen LogP) is 2.55. The Bertz CT molecular complexity index is 497. The van der Waals surface area contributed by atoms with Gasteiger partial charge in [0.15, 0.2) is 0 Å². The van der Waals surface area contributed by atoms with Crippen LogP contribution in [0, 0.1) is 0 Å². The molecule has 0 aliphatic carbocycles. The van der Waals surface area contributed by atoms with Crippen LogP contribution in [0.25, 0.3) is 0 Å². The summed E-state index contributed by atoms with van der Waals surface area (Å²) in [6.07, 6.45) is -0.558. The maximum absolute atomic E-state index is 12.0. The molecule has 2 heterocycles. The fraction of sp³-hybridized carbons (Fsp3) is 0.571. The Morgan fingerprint density at radius 3 is 2.86 bits per heavy atom. The van der Waals surface area contributed by atoms with Crippen molar-refractivity contribution in [3.05, 3.63) is 22.4 Å². The van der Waals surface area contributed by atoms with E-state index in [1.807, 2.05) is 11.4 Å². The Morgan fingerprint density at radius 1 is 1.48 bits per heavy atom. The number of alkyl carbamates (subject to hydrolysis) is 1. The van der Waals surface area contributed by atoms with E-state index in [2.05, 4.69) is 16.7 Å². The van der Waals surface area contributed by atoms with Gasteiger partial charge in [-0.05, 0) is 32.2 Å². The summed E-state index contributed by atoms with van der Waals surface area (Å²) in [5.41, 5.74) is -0.571. The van der Waals surface area contributed by atoms with E-state index < -0.39 is 17.7 Å². The first-order valence-corrected chi connectivity index (χ1v) is 8.70. The van der Waals surface area contributed by atoms with E-state index in [1.165, 1.54) is 4.88 Å². The summed E-state index contributed by atoms with van der Waals surface area (Å²) in [7, 11) is 0. The van der Waals surface area contributed by atoms with Crippen LogP contribution in [0.2, 0.25) is 0 Å². The van der Waals surface area contributed by atoms with E-state index in [1.54, 1.807) is 43.9 Å². The summed E-state index contributed by atoms with van der Waals surface area (Å²) >= 11 is 3.35. The number of rotatable bonds is 2. The van der Waals surface area contributed by atoms with Crippen molar-refractivity contribution in [3.8, 4) is 0 Å². The highest BCUT2D eigenvalue weighted by atomic mass is 32.2. The number of hydrogen-bond acceptors (Lipinski definition) is 5. The normalized spacial score (nSPS) is 23.1. The fourth-order valence-corrected chi connectivity index (χ4v) is 4.06. The van der Waals surface area contributed by atoms with Gasteiger partial charge in [0, 0.05) is 17.2 Å². The second-order valence-corrected chi connectivity index (χ2v) is 8.00. The van der Waals surface area contributed by atoms with Gasteiger partial charge >= 0.3 is 6.09 Å². The molecule has 21 heavy (non-hydrogen) atoms. The highest BCUT2D eigenvalue weighted by Gasteiger charge is 2.29. The molecule has 2 rings (SSSR count). The Kier molecular flexibility index (Phi) is 5.16. The first-order valence-electron chi connectivity index (χ1n) is 6.77. The van der Waals surface area contributed by atoms with Crippen LogP contribution >= 0.6 is 23.1 Å². The molecular weight excluding hydrogens is 308 g/mol. The molecule has 116 valence electrons. The van der Waals surface area contributed by atoms with Gasteiger partial charge in [-0.15, -0.1) is 23.1 Å². The van der Waals surface area contributed by atoms with Crippen LogP contribution in [0.5, 0.6) is 0 Å². The summed E-state index contributed by atoms with van der Waals surface area (Å²) in [6, 6.07) is 3.51. The lowest BCUT2D eigenvalue weighted by molar-refractivity contribution is -0.122. The topological polar surface area (TPSA) is 67.4 Å². The molecule has 2 atom stereocenters. The van der Waals surface area contributed by atoms with Gasteiger partial charge < -0.3 is 15.4 Å². The largest absolute Gasteiger partial charge is 0.444 e. The molecule has 0 aromatic carbocycles. The number of amides is 2. The van der Waals surface area contributed by atoms with Crippen molar-refractivity contribution < 1.29 is 14.3 Å². The summed E-state index contributed by atoms with van der Waals surface area (Å²) < 4.78 is 5.19. The first-order chi connectivity index (χ1) is 9.85. The van der Waals surface area contributed by atoms with Crippen molar-refractivity contribution in [2.45, 2.75) is 37.7 Å². The number of ether oxygens (including phenoxy) is 1. The van der Waals surface area contributed by atoms with Crippen LogP contribution in [-0.4, -0.2) is 35.9 Å². The van der Waals surface area contributed by atoms with Crippen LogP contribution in [0.1, 0.15) is 30.9 Å². The van der Waals surface area contributed by atoms with E-state index in [9.17, 15) is 9.59 Å². The standard InChI is InChI=1S/C14H20N2O3S2/c1-14(2,3)19-13(18)16-9-8-21-11(7-15-12(9)17)10-5-4-6-20-10/h4-6,9,11H,7-8H2,1-3H3,(H,15,17)(H,16,18).